The molecular weight excluding hydrogens is 200 g/mol. The Kier molecular flexibility index (Phi) is 5.56. The predicted molar refractivity (Wildman–Crippen MR) is 67.5 cm³/mol. The smallest absolute Gasteiger partial charge is 0.105 e. The third-order valence-electron chi connectivity index (χ3n) is 2.68. The van der Waals surface area contributed by atoms with Crippen molar-refractivity contribution in [2.45, 2.75) is 39.8 Å². The van der Waals surface area contributed by atoms with Crippen LogP contribution in [-0.2, 0) is 6.54 Å². The molecule has 1 heterocycles. The molecule has 16 heavy (non-hydrogen) atoms. The van der Waals surface area contributed by atoms with Crippen LogP contribution in [0.5, 0.6) is 0 Å². The van der Waals surface area contributed by atoms with Gasteiger partial charge in [-0.25, -0.2) is 0 Å². The number of furan rings is 1. The summed E-state index contributed by atoms with van der Waals surface area (Å²) in [7, 11) is 2.15. The first-order chi connectivity index (χ1) is 7.59. The minimum absolute atomic E-state index is 0.585. The molecule has 92 valence electrons. The molecule has 0 unspecified atom stereocenters. The average molecular weight is 224 g/mol. The van der Waals surface area contributed by atoms with E-state index in [2.05, 4.69) is 37.2 Å². The van der Waals surface area contributed by atoms with Crippen molar-refractivity contribution >= 4 is 0 Å². The number of aryl methyl sites for hydroxylation is 1. The van der Waals surface area contributed by atoms with Gasteiger partial charge in [0.15, 0.2) is 0 Å². The van der Waals surface area contributed by atoms with Crippen molar-refractivity contribution in [1.82, 2.24) is 10.2 Å². The molecule has 0 aliphatic carbocycles. The zero-order chi connectivity index (χ0) is 12.0. The Morgan fingerprint density at radius 2 is 2.19 bits per heavy atom. The first kappa shape index (κ1) is 13.3. The summed E-state index contributed by atoms with van der Waals surface area (Å²) in [6.45, 7) is 9.56. The van der Waals surface area contributed by atoms with Crippen molar-refractivity contribution in [2.75, 3.05) is 20.1 Å². The summed E-state index contributed by atoms with van der Waals surface area (Å²) in [5.74, 6) is 1.03. The van der Waals surface area contributed by atoms with Crippen molar-refractivity contribution in [3.63, 3.8) is 0 Å². The average Bonchev–Trinajstić information content (AvgIpc) is 2.59. The van der Waals surface area contributed by atoms with E-state index in [0.717, 1.165) is 25.4 Å². The van der Waals surface area contributed by atoms with Crippen molar-refractivity contribution < 1.29 is 4.42 Å². The monoisotopic (exact) mass is 224 g/mol. The number of nitrogens with one attached hydrogen (secondary N) is 1. The second-order valence-corrected chi connectivity index (χ2v) is 4.70. The molecular formula is C13H24N2O. The molecule has 0 atom stereocenters. The molecule has 3 heteroatoms. The summed E-state index contributed by atoms with van der Waals surface area (Å²) in [5, 5.41) is 3.43. The molecule has 0 amide bonds. The van der Waals surface area contributed by atoms with Gasteiger partial charge < -0.3 is 14.6 Å². The van der Waals surface area contributed by atoms with E-state index in [9.17, 15) is 0 Å². The predicted octanol–water partition coefficient (Wildman–Crippen LogP) is 2.41. The first-order valence-electron chi connectivity index (χ1n) is 6.04. The maximum Gasteiger partial charge on any atom is 0.105 e. The van der Waals surface area contributed by atoms with Gasteiger partial charge in [-0.1, -0.05) is 13.8 Å². The van der Waals surface area contributed by atoms with E-state index in [1.54, 1.807) is 6.26 Å². The Balaban J connectivity index is 2.16. The van der Waals surface area contributed by atoms with Gasteiger partial charge in [0.05, 0.1) is 6.26 Å². The van der Waals surface area contributed by atoms with E-state index in [1.165, 1.54) is 12.0 Å². The summed E-state index contributed by atoms with van der Waals surface area (Å²) in [6.07, 6.45) is 2.95. The van der Waals surface area contributed by atoms with E-state index < -0.39 is 0 Å². The molecule has 0 radical (unpaired) electrons. The Bertz CT molecular complexity index is 294. The molecule has 1 aromatic rings. The minimum Gasteiger partial charge on any atom is -0.469 e. The third kappa shape index (κ3) is 4.81. The fraction of sp³-hybridized carbons (Fsp3) is 0.692. The van der Waals surface area contributed by atoms with Crippen LogP contribution < -0.4 is 5.32 Å². The van der Waals surface area contributed by atoms with E-state index in [4.69, 9.17) is 4.42 Å². The van der Waals surface area contributed by atoms with Crippen LogP contribution in [0, 0.1) is 6.92 Å². The summed E-state index contributed by atoms with van der Waals surface area (Å²) >= 11 is 0. The molecule has 0 aromatic carbocycles. The fourth-order valence-electron chi connectivity index (χ4n) is 1.68. The normalized spacial score (nSPS) is 11.6. The highest BCUT2D eigenvalue weighted by atomic mass is 16.3. The summed E-state index contributed by atoms with van der Waals surface area (Å²) < 4.78 is 5.28. The fourth-order valence-corrected chi connectivity index (χ4v) is 1.68. The van der Waals surface area contributed by atoms with Crippen LogP contribution in [0.3, 0.4) is 0 Å². The van der Waals surface area contributed by atoms with Crippen LogP contribution in [0.1, 0.15) is 31.6 Å². The highest BCUT2D eigenvalue weighted by molar-refractivity contribution is 5.14. The lowest BCUT2D eigenvalue weighted by Crippen LogP contribution is -2.27. The van der Waals surface area contributed by atoms with Crippen LogP contribution in [-0.4, -0.2) is 31.1 Å². The topological polar surface area (TPSA) is 28.4 Å². The van der Waals surface area contributed by atoms with Crippen LogP contribution in [0.2, 0.25) is 0 Å². The molecule has 0 aliphatic rings. The van der Waals surface area contributed by atoms with E-state index in [1.807, 2.05) is 6.92 Å². The van der Waals surface area contributed by atoms with Crippen molar-refractivity contribution in [3.8, 4) is 0 Å². The molecule has 0 aliphatic heterocycles. The standard InChI is InChI=1S/C13H24N2O/c1-11(2)14-7-5-8-15(4)10-13-6-9-16-12(13)3/h6,9,11,14H,5,7-8,10H2,1-4H3. The lowest BCUT2D eigenvalue weighted by atomic mass is 10.2. The first-order valence-corrected chi connectivity index (χ1v) is 6.04. The van der Waals surface area contributed by atoms with E-state index in [-0.39, 0.29) is 0 Å². The number of hydrogen-bond donors (Lipinski definition) is 1. The van der Waals surface area contributed by atoms with E-state index >= 15 is 0 Å². The lowest BCUT2D eigenvalue weighted by Gasteiger charge is -2.16. The second-order valence-electron chi connectivity index (χ2n) is 4.70. The molecule has 0 saturated heterocycles. The Morgan fingerprint density at radius 1 is 1.44 bits per heavy atom. The molecule has 3 nitrogen and oxygen atoms in total. The van der Waals surface area contributed by atoms with Gasteiger partial charge in [0.2, 0.25) is 0 Å². The van der Waals surface area contributed by atoms with Crippen molar-refractivity contribution in [1.29, 1.82) is 0 Å². The Labute approximate surface area is 98.8 Å². The van der Waals surface area contributed by atoms with Gasteiger partial charge >= 0.3 is 0 Å². The molecule has 0 spiro atoms. The molecule has 1 aromatic heterocycles. The van der Waals surface area contributed by atoms with Crippen LogP contribution in [0.25, 0.3) is 0 Å². The number of rotatable bonds is 7. The highest BCUT2D eigenvalue weighted by Gasteiger charge is 2.04. The van der Waals surface area contributed by atoms with Crippen molar-refractivity contribution in [3.05, 3.63) is 23.7 Å². The summed E-state index contributed by atoms with van der Waals surface area (Å²) in [4.78, 5) is 2.33. The molecule has 0 saturated carbocycles. The van der Waals surface area contributed by atoms with Gasteiger partial charge in [-0.3, -0.25) is 0 Å². The van der Waals surface area contributed by atoms with Crippen molar-refractivity contribution in [2.24, 2.45) is 0 Å². The second kappa shape index (κ2) is 6.71. The van der Waals surface area contributed by atoms with Gasteiger partial charge in [-0.2, -0.15) is 0 Å². The lowest BCUT2D eigenvalue weighted by molar-refractivity contribution is 0.315. The van der Waals surface area contributed by atoms with Gasteiger partial charge in [-0.05, 0) is 39.5 Å². The van der Waals surface area contributed by atoms with Crippen LogP contribution in [0.15, 0.2) is 16.7 Å². The van der Waals surface area contributed by atoms with Gasteiger partial charge in [0.25, 0.3) is 0 Å². The highest BCUT2D eigenvalue weighted by Crippen LogP contribution is 2.10. The van der Waals surface area contributed by atoms with E-state index in [0.29, 0.717) is 6.04 Å². The largest absolute Gasteiger partial charge is 0.469 e. The van der Waals surface area contributed by atoms with Gasteiger partial charge in [0.1, 0.15) is 5.76 Å². The molecule has 0 bridgehead atoms. The molecule has 0 fully saturated rings. The SMILES string of the molecule is Cc1occc1CN(C)CCCNC(C)C. The third-order valence-corrected chi connectivity index (χ3v) is 2.68. The molecule has 1 rings (SSSR count). The Hall–Kier alpha value is -0.800. The van der Waals surface area contributed by atoms with Gasteiger partial charge in [-0.15, -0.1) is 0 Å². The zero-order valence-electron chi connectivity index (χ0n) is 10.9. The number of nitrogens with zero attached hydrogens (tertiary/aromatic N) is 1. The summed E-state index contributed by atoms with van der Waals surface area (Å²) in [5.41, 5.74) is 1.29. The Morgan fingerprint density at radius 3 is 2.75 bits per heavy atom. The summed E-state index contributed by atoms with van der Waals surface area (Å²) in [6, 6.07) is 2.64. The minimum atomic E-state index is 0.585. The van der Waals surface area contributed by atoms with Crippen LogP contribution in [0.4, 0.5) is 0 Å². The quantitative estimate of drug-likeness (QED) is 0.721. The molecule has 1 N–H and O–H groups in total. The van der Waals surface area contributed by atoms with Crippen LogP contribution >= 0.6 is 0 Å². The maximum atomic E-state index is 5.28. The zero-order valence-corrected chi connectivity index (χ0v) is 10.9. The maximum absolute atomic E-state index is 5.28. The van der Waals surface area contributed by atoms with Gasteiger partial charge in [0, 0.05) is 18.2 Å². The number of hydrogen-bond acceptors (Lipinski definition) is 3.